The molecule has 19 heavy (non-hydrogen) atoms. The summed E-state index contributed by atoms with van der Waals surface area (Å²) in [6, 6.07) is 2.80. The zero-order valence-corrected chi connectivity index (χ0v) is 11.9. The summed E-state index contributed by atoms with van der Waals surface area (Å²) in [5, 5.41) is 8.95. The molecule has 7 heteroatoms. The van der Waals surface area contributed by atoms with E-state index in [1.54, 1.807) is 6.92 Å². The summed E-state index contributed by atoms with van der Waals surface area (Å²) in [4.78, 5) is 13.1. The number of likely N-dealkylation sites (N-methyl/N-ethyl adjacent to an activating group) is 1. The first-order chi connectivity index (χ1) is 8.68. The van der Waals surface area contributed by atoms with Crippen LogP contribution in [0.2, 0.25) is 0 Å². The predicted octanol–water partition coefficient (Wildman–Crippen LogP) is 2.92. The number of hydrogen-bond donors (Lipinski definition) is 1. The lowest BCUT2D eigenvalue weighted by Gasteiger charge is -2.24. The first kappa shape index (κ1) is 16.0. The van der Waals surface area contributed by atoms with Crippen molar-refractivity contribution in [3.05, 3.63) is 33.8 Å². The average molecular weight is 340 g/mol. The highest BCUT2D eigenvalue weighted by Crippen LogP contribution is 2.34. The number of aliphatic hydroxyl groups excluding tert-OH is 1. The molecule has 1 atom stereocenters. The molecular weight excluding hydrogens is 327 g/mol. The van der Waals surface area contributed by atoms with Gasteiger partial charge in [0.1, 0.15) is 0 Å². The van der Waals surface area contributed by atoms with Crippen LogP contribution in [0, 0.1) is 0 Å². The summed E-state index contributed by atoms with van der Waals surface area (Å²) in [6.07, 6.45) is -4.61. The van der Waals surface area contributed by atoms with Crippen LogP contribution in [0.3, 0.4) is 0 Å². The van der Waals surface area contributed by atoms with Crippen LogP contribution < -0.4 is 0 Å². The quantitative estimate of drug-likeness (QED) is 0.919. The molecule has 1 amide bonds. The van der Waals surface area contributed by atoms with E-state index in [-0.39, 0.29) is 11.1 Å². The number of alkyl halides is 3. The Labute approximate surface area is 117 Å². The van der Waals surface area contributed by atoms with Crippen molar-refractivity contribution in [3.8, 4) is 0 Å². The van der Waals surface area contributed by atoms with Gasteiger partial charge in [-0.25, -0.2) is 0 Å². The van der Waals surface area contributed by atoms with Crippen molar-refractivity contribution in [2.75, 3.05) is 13.7 Å². The smallest absolute Gasteiger partial charge is 0.394 e. The van der Waals surface area contributed by atoms with E-state index in [1.165, 1.54) is 13.1 Å². The van der Waals surface area contributed by atoms with Crippen molar-refractivity contribution in [1.29, 1.82) is 0 Å². The molecule has 1 rings (SSSR count). The highest BCUT2D eigenvalue weighted by atomic mass is 79.9. The highest BCUT2D eigenvalue weighted by Gasteiger charge is 2.36. The first-order valence-corrected chi connectivity index (χ1v) is 6.22. The van der Waals surface area contributed by atoms with Gasteiger partial charge in [0.2, 0.25) is 0 Å². The lowest BCUT2D eigenvalue weighted by atomic mass is 10.1. The molecule has 0 spiro atoms. The lowest BCUT2D eigenvalue weighted by Crippen LogP contribution is -2.38. The monoisotopic (exact) mass is 339 g/mol. The molecule has 1 aromatic rings. The molecule has 0 aliphatic carbocycles. The number of rotatable bonds is 3. The number of carbonyl (C=O) groups is 1. The van der Waals surface area contributed by atoms with Crippen LogP contribution in [0.1, 0.15) is 22.8 Å². The molecule has 0 radical (unpaired) electrons. The van der Waals surface area contributed by atoms with Crippen molar-refractivity contribution in [2.45, 2.75) is 19.1 Å². The highest BCUT2D eigenvalue weighted by molar-refractivity contribution is 9.10. The molecule has 0 heterocycles. The van der Waals surface area contributed by atoms with Gasteiger partial charge in [0.05, 0.1) is 23.8 Å². The van der Waals surface area contributed by atoms with Crippen LogP contribution in [0.15, 0.2) is 22.7 Å². The van der Waals surface area contributed by atoms with Crippen molar-refractivity contribution >= 4 is 21.8 Å². The molecule has 1 N–H and O–H groups in total. The molecule has 0 bridgehead atoms. The van der Waals surface area contributed by atoms with Crippen molar-refractivity contribution in [3.63, 3.8) is 0 Å². The third-order valence-corrected chi connectivity index (χ3v) is 3.26. The van der Waals surface area contributed by atoms with E-state index in [0.717, 1.165) is 17.0 Å². The second-order valence-electron chi connectivity index (χ2n) is 4.14. The van der Waals surface area contributed by atoms with Gasteiger partial charge in [0.25, 0.3) is 5.91 Å². The molecule has 0 saturated carbocycles. The topological polar surface area (TPSA) is 40.5 Å². The maximum absolute atomic E-state index is 12.9. The number of carbonyl (C=O) groups excluding carboxylic acids is 1. The van der Waals surface area contributed by atoms with Gasteiger partial charge in [-0.2, -0.15) is 13.2 Å². The summed E-state index contributed by atoms with van der Waals surface area (Å²) >= 11 is 2.95. The van der Waals surface area contributed by atoms with Crippen LogP contribution in [0.25, 0.3) is 0 Å². The van der Waals surface area contributed by atoms with Crippen molar-refractivity contribution in [2.24, 2.45) is 0 Å². The molecule has 1 unspecified atom stereocenters. The van der Waals surface area contributed by atoms with Gasteiger partial charge in [0, 0.05) is 11.5 Å². The number of hydrogen-bond acceptors (Lipinski definition) is 2. The number of aliphatic hydroxyl groups is 1. The SMILES string of the molecule is CC(CO)N(C)C(=O)c1ccc(Br)cc1C(F)(F)F. The fourth-order valence-electron chi connectivity index (χ4n) is 1.45. The average Bonchev–Trinajstić information content (AvgIpc) is 2.35. The van der Waals surface area contributed by atoms with Gasteiger partial charge in [0.15, 0.2) is 0 Å². The minimum absolute atomic E-state index is 0.245. The maximum atomic E-state index is 12.9. The van der Waals surface area contributed by atoms with E-state index < -0.39 is 29.3 Å². The second-order valence-corrected chi connectivity index (χ2v) is 5.05. The third kappa shape index (κ3) is 3.70. The maximum Gasteiger partial charge on any atom is 0.417 e. The Hall–Kier alpha value is -1.08. The first-order valence-electron chi connectivity index (χ1n) is 5.43. The van der Waals surface area contributed by atoms with E-state index in [0.29, 0.717) is 0 Å². The van der Waals surface area contributed by atoms with Crippen LogP contribution in [-0.2, 0) is 6.18 Å². The standard InChI is InChI=1S/C12H13BrF3NO2/c1-7(6-18)17(2)11(19)9-4-3-8(13)5-10(9)12(14,15)16/h3-5,7,18H,6H2,1-2H3. The van der Waals surface area contributed by atoms with E-state index in [9.17, 15) is 18.0 Å². The summed E-state index contributed by atoms with van der Waals surface area (Å²) in [5.41, 5.74) is -1.43. The molecule has 0 aromatic heterocycles. The zero-order valence-electron chi connectivity index (χ0n) is 10.3. The molecule has 1 aromatic carbocycles. The van der Waals surface area contributed by atoms with E-state index >= 15 is 0 Å². The Morgan fingerprint density at radius 1 is 1.47 bits per heavy atom. The summed E-state index contributed by atoms with van der Waals surface area (Å²) < 4.78 is 38.9. The zero-order chi connectivity index (χ0) is 14.8. The summed E-state index contributed by atoms with van der Waals surface area (Å²) in [6.45, 7) is 1.23. The number of amides is 1. The summed E-state index contributed by atoms with van der Waals surface area (Å²) in [5.74, 6) is -0.777. The molecule has 0 aliphatic heterocycles. The molecule has 0 aliphatic rings. The van der Waals surface area contributed by atoms with E-state index in [4.69, 9.17) is 5.11 Å². The normalized spacial score (nSPS) is 13.2. The van der Waals surface area contributed by atoms with Gasteiger partial charge >= 0.3 is 6.18 Å². The van der Waals surface area contributed by atoms with Crippen LogP contribution in [0.4, 0.5) is 13.2 Å². The van der Waals surface area contributed by atoms with Crippen molar-refractivity contribution < 1.29 is 23.1 Å². The Morgan fingerprint density at radius 2 is 2.05 bits per heavy atom. The van der Waals surface area contributed by atoms with Crippen molar-refractivity contribution in [1.82, 2.24) is 4.90 Å². The molecule has 0 fully saturated rings. The third-order valence-electron chi connectivity index (χ3n) is 2.76. The van der Waals surface area contributed by atoms with Gasteiger partial charge in [-0.15, -0.1) is 0 Å². The molecular formula is C12H13BrF3NO2. The molecule has 106 valence electrons. The number of nitrogens with zero attached hydrogens (tertiary/aromatic N) is 1. The van der Waals surface area contributed by atoms with Crippen LogP contribution in [-0.4, -0.2) is 35.6 Å². The number of benzene rings is 1. The lowest BCUT2D eigenvalue weighted by molar-refractivity contribution is -0.138. The van der Waals surface area contributed by atoms with E-state index in [1.807, 2.05) is 0 Å². The van der Waals surface area contributed by atoms with Crippen LogP contribution in [0.5, 0.6) is 0 Å². The second kappa shape index (κ2) is 5.92. The Bertz CT molecular complexity index is 477. The Morgan fingerprint density at radius 3 is 2.53 bits per heavy atom. The Balaban J connectivity index is 3.24. The van der Waals surface area contributed by atoms with Crippen LogP contribution >= 0.6 is 15.9 Å². The van der Waals surface area contributed by atoms with Gasteiger partial charge in [-0.3, -0.25) is 4.79 Å². The summed E-state index contributed by atoms with van der Waals surface area (Å²) in [7, 11) is 1.35. The van der Waals surface area contributed by atoms with Gasteiger partial charge in [-0.05, 0) is 25.1 Å². The number of halogens is 4. The van der Waals surface area contributed by atoms with Gasteiger partial charge < -0.3 is 10.0 Å². The largest absolute Gasteiger partial charge is 0.417 e. The molecule has 0 saturated heterocycles. The Kier molecular flexibility index (Phi) is 4.98. The minimum atomic E-state index is -4.61. The fraction of sp³-hybridized carbons (Fsp3) is 0.417. The fourth-order valence-corrected chi connectivity index (χ4v) is 1.81. The van der Waals surface area contributed by atoms with Gasteiger partial charge in [-0.1, -0.05) is 15.9 Å². The predicted molar refractivity (Wildman–Crippen MR) is 67.8 cm³/mol. The van der Waals surface area contributed by atoms with E-state index in [2.05, 4.69) is 15.9 Å². The molecule has 3 nitrogen and oxygen atoms in total. The minimum Gasteiger partial charge on any atom is -0.394 e.